The average Bonchev–Trinajstić information content (AvgIpc) is 2.81. The molecule has 0 unspecified atom stereocenters. The third kappa shape index (κ3) is 4.78. The molecular formula is C9H14N4O5. The Morgan fingerprint density at radius 2 is 2.28 bits per heavy atom. The lowest BCUT2D eigenvalue weighted by molar-refractivity contribution is -0.139. The molecule has 0 aliphatic rings. The van der Waals surface area contributed by atoms with Gasteiger partial charge < -0.3 is 25.4 Å². The van der Waals surface area contributed by atoms with Crippen molar-refractivity contribution in [3.63, 3.8) is 0 Å². The fourth-order valence-electron chi connectivity index (χ4n) is 1.19. The SMILES string of the molecule is O=C(NCCc1ncon1)N[C@H](CCO)C(=O)O. The number of aromatic nitrogens is 2. The highest BCUT2D eigenvalue weighted by Crippen LogP contribution is 1.92. The van der Waals surface area contributed by atoms with Gasteiger partial charge in [-0.2, -0.15) is 4.98 Å². The molecule has 0 radical (unpaired) electrons. The van der Waals surface area contributed by atoms with E-state index in [0.29, 0.717) is 12.2 Å². The standard InChI is InChI=1S/C9H14N4O5/c14-4-2-6(8(15)16)12-9(17)10-3-1-7-11-5-18-13-7/h5-6,14H,1-4H2,(H,15,16)(H2,10,12,17)/t6-/m1/s1. The first-order chi connectivity index (χ1) is 8.63. The number of carboxylic acids is 1. The van der Waals surface area contributed by atoms with Crippen molar-refractivity contribution in [3.05, 3.63) is 12.2 Å². The molecule has 1 aromatic heterocycles. The molecule has 1 atom stereocenters. The molecule has 0 spiro atoms. The lowest BCUT2D eigenvalue weighted by atomic mass is 10.2. The molecule has 1 aromatic rings. The zero-order valence-corrected chi connectivity index (χ0v) is 9.50. The molecule has 9 heteroatoms. The van der Waals surface area contributed by atoms with Crippen molar-refractivity contribution >= 4 is 12.0 Å². The van der Waals surface area contributed by atoms with Crippen molar-refractivity contribution in [2.75, 3.05) is 13.2 Å². The molecule has 0 aromatic carbocycles. The molecule has 1 rings (SSSR count). The lowest BCUT2D eigenvalue weighted by Gasteiger charge is -2.13. The van der Waals surface area contributed by atoms with Crippen LogP contribution >= 0.6 is 0 Å². The van der Waals surface area contributed by atoms with Crippen molar-refractivity contribution < 1.29 is 24.3 Å². The minimum Gasteiger partial charge on any atom is -0.480 e. The summed E-state index contributed by atoms with van der Waals surface area (Å²) >= 11 is 0. The molecule has 18 heavy (non-hydrogen) atoms. The van der Waals surface area contributed by atoms with E-state index < -0.39 is 18.0 Å². The van der Waals surface area contributed by atoms with Gasteiger partial charge in [0.25, 0.3) is 0 Å². The number of carbonyl (C=O) groups excluding carboxylic acids is 1. The monoisotopic (exact) mass is 258 g/mol. The molecule has 0 aliphatic carbocycles. The van der Waals surface area contributed by atoms with Crippen molar-refractivity contribution in [3.8, 4) is 0 Å². The summed E-state index contributed by atoms with van der Waals surface area (Å²) in [5.41, 5.74) is 0. The van der Waals surface area contributed by atoms with E-state index in [9.17, 15) is 9.59 Å². The van der Waals surface area contributed by atoms with Crippen LogP contribution in [0.4, 0.5) is 4.79 Å². The number of urea groups is 1. The van der Waals surface area contributed by atoms with E-state index in [0.717, 1.165) is 0 Å². The van der Waals surface area contributed by atoms with Gasteiger partial charge >= 0.3 is 12.0 Å². The summed E-state index contributed by atoms with van der Waals surface area (Å²) in [6.07, 6.45) is 1.51. The van der Waals surface area contributed by atoms with Crippen molar-refractivity contribution in [1.29, 1.82) is 0 Å². The number of aliphatic hydroxyl groups is 1. The molecule has 0 fully saturated rings. The van der Waals surface area contributed by atoms with Gasteiger partial charge in [0.05, 0.1) is 0 Å². The summed E-state index contributed by atoms with van der Waals surface area (Å²) in [7, 11) is 0. The minimum absolute atomic E-state index is 0.0480. The Morgan fingerprint density at radius 1 is 1.50 bits per heavy atom. The molecular weight excluding hydrogens is 244 g/mol. The number of carboxylic acid groups (broad SMARTS) is 1. The highest BCUT2D eigenvalue weighted by Gasteiger charge is 2.18. The summed E-state index contributed by atoms with van der Waals surface area (Å²) in [5.74, 6) is -0.752. The summed E-state index contributed by atoms with van der Waals surface area (Å²) < 4.78 is 4.51. The van der Waals surface area contributed by atoms with Gasteiger partial charge in [-0.15, -0.1) is 0 Å². The minimum atomic E-state index is -1.20. The lowest BCUT2D eigenvalue weighted by Crippen LogP contribution is -2.46. The maximum atomic E-state index is 11.3. The van der Waals surface area contributed by atoms with Gasteiger partial charge in [0.1, 0.15) is 6.04 Å². The van der Waals surface area contributed by atoms with Gasteiger partial charge in [-0.3, -0.25) is 0 Å². The van der Waals surface area contributed by atoms with E-state index >= 15 is 0 Å². The highest BCUT2D eigenvalue weighted by atomic mass is 16.5. The van der Waals surface area contributed by atoms with Crippen LogP contribution in [-0.4, -0.2) is 51.5 Å². The first kappa shape index (κ1) is 13.9. The van der Waals surface area contributed by atoms with Crippen LogP contribution < -0.4 is 10.6 Å². The topological polar surface area (TPSA) is 138 Å². The number of hydrogen-bond donors (Lipinski definition) is 4. The fourth-order valence-corrected chi connectivity index (χ4v) is 1.19. The van der Waals surface area contributed by atoms with Crippen LogP contribution in [0, 0.1) is 0 Å². The van der Waals surface area contributed by atoms with E-state index in [-0.39, 0.29) is 19.6 Å². The second-order valence-corrected chi connectivity index (χ2v) is 3.40. The second-order valence-electron chi connectivity index (χ2n) is 3.40. The fraction of sp³-hybridized carbons (Fsp3) is 0.556. The smallest absolute Gasteiger partial charge is 0.326 e. The Labute approximate surface area is 102 Å². The summed E-state index contributed by atoms with van der Waals surface area (Å²) in [4.78, 5) is 25.8. The molecule has 4 N–H and O–H groups in total. The zero-order valence-electron chi connectivity index (χ0n) is 9.50. The predicted octanol–water partition coefficient (Wildman–Crippen LogP) is -1.25. The van der Waals surface area contributed by atoms with Crippen LogP contribution in [0.1, 0.15) is 12.2 Å². The van der Waals surface area contributed by atoms with Gasteiger partial charge in [0.15, 0.2) is 5.82 Å². The predicted molar refractivity (Wildman–Crippen MR) is 57.7 cm³/mol. The Hall–Kier alpha value is -2.16. The molecule has 100 valence electrons. The summed E-state index contributed by atoms with van der Waals surface area (Å²) in [6, 6.07) is -1.74. The molecule has 2 amide bonds. The Morgan fingerprint density at radius 3 is 2.83 bits per heavy atom. The number of nitrogens with zero attached hydrogens (tertiary/aromatic N) is 2. The Balaban J connectivity index is 2.25. The normalized spacial score (nSPS) is 11.8. The quantitative estimate of drug-likeness (QED) is 0.479. The van der Waals surface area contributed by atoms with E-state index in [4.69, 9.17) is 10.2 Å². The van der Waals surface area contributed by atoms with Gasteiger partial charge in [0.2, 0.25) is 6.39 Å². The van der Waals surface area contributed by atoms with Crippen molar-refractivity contribution in [1.82, 2.24) is 20.8 Å². The van der Waals surface area contributed by atoms with Crippen LogP contribution in [0.5, 0.6) is 0 Å². The molecule has 0 saturated heterocycles. The Kier molecular flexibility index (Phi) is 5.58. The van der Waals surface area contributed by atoms with Crippen LogP contribution in [0.25, 0.3) is 0 Å². The summed E-state index contributed by atoms with van der Waals surface area (Å²) in [6.45, 7) is -0.0725. The first-order valence-electron chi connectivity index (χ1n) is 5.26. The Bertz CT molecular complexity index is 380. The van der Waals surface area contributed by atoms with Gasteiger partial charge in [0, 0.05) is 26.0 Å². The number of nitrogens with one attached hydrogen (secondary N) is 2. The number of amides is 2. The van der Waals surface area contributed by atoms with Crippen LogP contribution in [0.2, 0.25) is 0 Å². The number of aliphatic carboxylic acids is 1. The van der Waals surface area contributed by atoms with E-state index in [2.05, 4.69) is 25.3 Å². The molecule has 0 bridgehead atoms. The van der Waals surface area contributed by atoms with Gasteiger partial charge in [-0.25, -0.2) is 9.59 Å². The van der Waals surface area contributed by atoms with E-state index in [1.807, 2.05) is 0 Å². The maximum Gasteiger partial charge on any atom is 0.326 e. The van der Waals surface area contributed by atoms with E-state index in [1.165, 1.54) is 6.39 Å². The van der Waals surface area contributed by atoms with Crippen LogP contribution in [0.15, 0.2) is 10.9 Å². The molecule has 0 saturated carbocycles. The number of aliphatic hydroxyl groups excluding tert-OH is 1. The first-order valence-corrected chi connectivity index (χ1v) is 5.26. The molecule has 0 aliphatic heterocycles. The van der Waals surface area contributed by atoms with Gasteiger partial charge in [-0.05, 0) is 0 Å². The largest absolute Gasteiger partial charge is 0.480 e. The van der Waals surface area contributed by atoms with Crippen LogP contribution in [-0.2, 0) is 11.2 Å². The number of carbonyl (C=O) groups is 2. The van der Waals surface area contributed by atoms with Gasteiger partial charge in [-0.1, -0.05) is 5.16 Å². The second kappa shape index (κ2) is 7.22. The molecule has 1 heterocycles. The average molecular weight is 258 g/mol. The maximum absolute atomic E-state index is 11.3. The van der Waals surface area contributed by atoms with Crippen molar-refractivity contribution in [2.45, 2.75) is 18.9 Å². The highest BCUT2D eigenvalue weighted by molar-refractivity contribution is 5.82. The number of rotatable bonds is 7. The van der Waals surface area contributed by atoms with E-state index in [1.54, 1.807) is 0 Å². The van der Waals surface area contributed by atoms with Crippen LogP contribution in [0.3, 0.4) is 0 Å². The summed E-state index contributed by atoms with van der Waals surface area (Å²) in [5, 5.41) is 25.6. The van der Waals surface area contributed by atoms with Crippen molar-refractivity contribution in [2.24, 2.45) is 0 Å². The zero-order chi connectivity index (χ0) is 13.4. The molecule has 9 nitrogen and oxygen atoms in total. The number of hydrogen-bond acceptors (Lipinski definition) is 6. The third-order valence-corrected chi connectivity index (χ3v) is 2.06. The third-order valence-electron chi connectivity index (χ3n) is 2.06.